The maximum absolute atomic E-state index is 12.9. The van der Waals surface area contributed by atoms with E-state index in [1.807, 2.05) is 20.8 Å². The maximum atomic E-state index is 12.9. The fourth-order valence-electron chi connectivity index (χ4n) is 1.73. The van der Waals surface area contributed by atoms with Crippen LogP contribution in [-0.2, 0) is 17.5 Å². The van der Waals surface area contributed by atoms with Crippen molar-refractivity contribution in [2.45, 2.75) is 39.6 Å². The highest BCUT2D eigenvalue weighted by Crippen LogP contribution is 2.38. The molecule has 0 amide bonds. The van der Waals surface area contributed by atoms with Gasteiger partial charge in [0.1, 0.15) is 11.1 Å². The lowest BCUT2D eigenvalue weighted by atomic mass is 10.1. The summed E-state index contributed by atoms with van der Waals surface area (Å²) in [5.41, 5.74) is -0.795. The van der Waals surface area contributed by atoms with Gasteiger partial charge in [0, 0.05) is 13.7 Å². The molecule has 1 aromatic rings. The predicted molar refractivity (Wildman–Crippen MR) is 69.1 cm³/mol. The molecule has 110 valence electrons. The number of ether oxygens (including phenoxy) is 1. The molecular weight excluding hydrogens is 277 g/mol. The molecule has 3 nitrogen and oxygen atoms in total. The summed E-state index contributed by atoms with van der Waals surface area (Å²) in [6, 6.07) is 0. The normalized spacial score (nSPS) is 14.1. The Morgan fingerprint density at radius 2 is 2.00 bits per heavy atom. The van der Waals surface area contributed by atoms with Gasteiger partial charge in [-0.05, 0) is 12.5 Å². The molecule has 0 aromatic carbocycles. The molecule has 0 radical (unpaired) electrons. The van der Waals surface area contributed by atoms with Crippen LogP contribution in [0.1, 0.15) is 42.5 Å². The van der Waals surface area contributed by atoms with Gasteiger partial charge in [-0.3, -0.25) is 0 Å². The summed E-state index contributed by atoms with van der Waals surface area (Å²) in [4.78, 5) is 3.97. The molecule has 0 aliphatic heterocycles. The molecule has 0 aliphatic carbocycles. The van der Waals surface area contributed by atoms with Crippen molar-refractivity contribution in [1.82, 2.24) is 10.3 Å². The van der Waals surface area contributed by atoms with E-state index < -0.39 is 18.0 Å². The minimum absolute atomic E-state index is 0.0733. The highest BCUT2D eigenvalue weighted by atomic mass is 32.1. The Balaban J connectivity index is 3.12. The van der Waals surface area contributed by atoms with E-state index in [1.54, 1.807) is 0 Å². The van der Waals surface area contributed by atoms with Gasteiger partial charge >= 0.3 is 6.18 Å². The largest absolute Gasteiger partial charge is 0.434 e. The summed E-state index contributed by atoms with van der Waals surface area (Å²) in [6.45, 7) is 6.43. The smallest absolute Gasteiger partial charge is 0.374 e. The first-order valence-electron chi connectivity index (χ1n) is 6.11. The van der Waals surface area contributed by atoms with Crippen LogP contribution in [0.25, 0.3) is 0 Å². The molecule has 19 heavy (non-hydrogen) atoms. The Hall–Kier alpha value is -0.660. The van der Waals surface area contributed by atoms with Crippen LogP contribution in [0.3, 0.4) is 0 Å². The van der Waals surface area contributed by atoms with Crippen LogP contribution in [-0.4, -0.2) is 18.6 Å². The van der Waals surface area contributed by atoms with Gasteiger partial charge in [-0.2, -0.15) is 13.2 Å². The maximum Gasteiger partial charge on any atom is 0.434 e. The quantitative estimate of drug-likeness (QED) is 0.870. The van der Waals surface area contributed by atoms with E-state index in [4.69, 9.17) is 4.74 Å². The van der Waals surface area contributed by atoms with Gasteiger partial charge in [0.15, 0.2) is 5.69 Å². The third-order valence-electron chi connectivity index (χ3n) is 2.62. The average molecular weight is 296 g/mol. The van der Waals surface area contributed by atoms with E-state index in [2.05, 4.69) is 10.3 Å². The lowest BCUT2D eigenvalue weighted by Crippen LogP contribution is -2.16. The van der Waals surface area contributed by atoms with Gasteiger partial charge in [-0.1, -0.05) is 20.8 Å². The number of alkyl halides is 3. The zero-order valence-electron chi connectivity index (χ0n) is 11.5. The number of aromatic nitrogens is 1. The zero-order chi connectivity index (χ0) is 14.6. The SMILES string of the molecule is CCNCc1sc(C(OC)C(C)C)nc1C(F)(F)F. The Kier molecular flexibility index (Phi) is 5.76. The summed E-state index contributed by atoms with van der Waals surface area (Å²) in [6.07, 6.45) is -4.82. The molecule has 1 heterocycles. The van der Waals surface area contributed by atoms with Crippen LogP contribution < -0.4 is 5.32 Å². The van der Waals surface area contributed by atoms with Gasteiger partial charge in [-0.15, -0.1) is 11.3 Å². The number of halogens is 3. The van der Waals surface area contributed by atoms with Crippen molar-refractivity contribution >= 4 is 11.3 Å². The van der Waals surface area contributed by atoms with Crippen LogP contribution in [0.15, 0.2) is 0 Å². The van der Waals surface area contributed by atoms with E-state index in [0.29, 0.717) is 11.6 Å². The molecule has 7 heteroatoms. The van der Waals surface area contributed by atoms with Gasteiger partial charge in [-0.25, -0.2) is 4.98 Å². The van der Waals surface area contributed by atoms with E-state index >= 15 is 0 Å². The van der Waals surface area contributed by atoms with E-state index in [9.17, 15) is 13.2 Å². The molecule has 1 atom stereocenters. The average Bonchev–Trinajstić information content (AvgIpc) is 2.70. The molecule has 0 aliphatic rings. The molecule has 1 rings (SSSR count). The first-order chi connectivity index (χ1) is 8.81. The third kappa shape index (κ3) is 4.15. The number of nitrogens with one attached hydrogen (secondary N) is 1. The highest BCUT2D eigenvalue weighted by Gasteiger charge is 2.38. The monoisotopic (exact) mass is 296 g/mol. The molecule has 0 saturated heterocycles. The molecular formula is C12H19F3N2OS. The van der Waals surface area contributed by atoms with Crippen molar-refractivity contribution in [2.75, 3.05) is 13.7 Å². The van der Waals surface area contributed by atoms with E-state index in [-0.39, 0.29) is 17.3 Å². The summed E-state index contributed by atoms with van der Waals surface area (Å²) >= 11 is 1.07. The number of rotatable bonds is 6. The lowest BCUT2D eigenvalue weighted by molar-refractivity contribution is -0.141. The summed E-state index contributed by atoms with van der Waals surface area (Å²) in [5.74, 6) is 0.0733. The highest BCUT2D eigenvalue weighted by molar-refractivity contribution is 7.11. The summed E-state index contributed by atoms with van der Waals surface area (Å²) in [7, 11) is 1.49. The van der Waals surface area contributed by atoms with Crippen LogP contribution >= 0.6 is 11.3 Å². The Morgan fingerprint density at radius 1 is 1.37 bits per heavy atom. The lowest BCUT2D eigenvalue weighted by Gasteiger charge is -2.16. The van der Waals surface area contributed by atoms with Crippen LogP contribution in [0.4, 0.5) is 13.2 Å². The van der Waals surface area contributed by atoms with Crippen LogP contribution in [0.5, 0.6) is 0 Å². The van der Waals surface area contributed by atoms with Crippen molar-refractivity contribution in [3.63, 3.8) is 0 Å². The minimum Gasteiger partial charge on any atom is -0.374 e. The van der Waals surface area contributed by atoms with E-state index in [1.165, 1.54) is 7.11 Å². The molecule has 1 N–H and O–H groups in total. The number of hydrogen-bond acceptors (Lipinski definition) is 4. The predicted octanol–water partition coefficient (Wildman–Crippen LogP) is 3.61. The van der Waals surface area contributed by atoms with Gasteiger partial charge in [0.25, 0.3) is 0 Å². The molecule has 1 unspecified atom stereocenters. The Morgan fingerprint density at radius 3 is 2.42 bits per heavy atom. The third-order valence-corrected chi connectivity index (χ3v) is 3.74. The second-order valence-electron chi connectivity index (χ2n) is 4.50. The van der Waals surface area contributed by atoms with Crippen molar-refractivity contribution < 1.29 is 17.9 Å². The van der Waals surface area contributed by atoms with Gasteiger partial charge in [0.05, 0.1) is 4.88 Å². The zero-order valence-corrected chi connectivity index (χ0v) is 12.3. The Labute approximate surface area is 115 Å². The first-order valence-corrected chi connectivity index (χ1v) is 6.93. The number of hydrogen-bond donors (Lipinski definition) is 1. The number of methoxy groups -OCH3 is 1. The first kappa shape index (κ1) is 16.4. The van der Waals surface area contributed by atoms with Crippen LogP contribution in [0, 0.1) is 5.92 Å². The second kappa shape index (κ2) is 6.67. The van der Waals surface area contributed by atoms with Crippen molar-refractivity contribution in [2.24, 2.45) is 5.92 Å². The molecule has 0 bridgehead atoms. The number of nitrogens with zero attached hydrogens (tertiary/aromatic N) is 1. The molecule has 0 saturated carbocycles. The summed E-state index contributed by atoms with van der Waals surface area (Å²) < 4.78 is 44.0. The molecule has 0 spiro atoms. The van der Waals surface area contributed by atoms with Gasteiger partial charge in [0.2, 0.25) is 0 Å². The fraction of sp³-hybridized carbons (Fsp3) is 0.750. The molecule has 1 aromatic heterocycles. The minimum atomic E-state index is -4.42. The summed E-state index contributed by atoms with van der Waals surface area (Å²) in [5, 5.41) is 3.29. The van der Waals surface area contributed by atoms with Crippen LogP contribution in [0.2, 0.25) is 0 Å². The van der Waals surface area contributed by atoms with E-state index in [0.717, 1.165) is 11.3 Å². The van der Waals surface area contributed by atoms with Crippen molar-refractivity contribution in [3.8, 4) is 0 Å². The topological polar surface area (TPSA) is 34.1 Å². The Bertz CT molecular complexity index is 404. The molecule has 0 fully saturated rings. The van der Waals surface area contributed by atoms with Crippen molar-refractivity contribution in [1.29, 1.82) is 0 Å². The standard InChI is InChI=1S/C12H19F3N2OS/c1-5-16-6-8-10(12(13,14)15)17-11(19-8)9(18-4)7(2)3/h7,9,16H,5-6H2,1-4H3. The number of thiazole rings is 1. The van der Waals surface area contributed by atoms with Gasteiger partial charge < -0.3 is 10.1 Å². The second-order valence-corrected chi connectivity index (χ2v) is 5.62. The van der Waals surface area contributed by atoms with Crippen molar-refractivity contribution in [3.05, 3.63) is 15.6 Å². The fourth-order valence-corrected chi connectivity index (χ4v) is 3.04.